The Kier molecular flexibility index (Phi) is 6.64. The van der Waals surface area contributed by atoms with Crippen LogP contribution in [-0.2, 0) is 20.9 Å². The van der Waals surface area contributed by atoms with E-state index >= 15 is 0 Å². The molecule has 2 aromatic carbocycles. The third-order valence-electron chi connectivity index (χ3n) is 4.02. The summed E-state index contributed by atoms with van der Waals surface area (Å²) in [6.45, 7) is 2.31. The van der Waals surface area contributed by atoms with Crippen LogP contribution >= 0.6 is 23.1 Å². The van der Waals surface area contributed by atoms with Gasteiger partial charge in [0, 0.05) is 11.4 Å². The van der Waals surface area contributed by atoms with E-state index in [4.69, 9.17) is 0 Å². The molecule has 5 nitrogen and oxygen atoms in total. The number of esters is 1. The maximum absolute atomic E-state index is 13.6. The molecule has 0 saturated carbocycles. The quantitative estimate of drug-likeness (QED) is 0.450. The Morgan fingerprint density at radius 1 is 1.21 bits per heavy atom. The van der Waals surface area contributed by atoms with E-state index in [-0.39, 0.29) is 29.9 Å². The predicted octanol–water partition coefficient (Wildman–Crippen LogP) is 3.93. The predicted molar refractivity (Wildman–Crippen MR) is 109 cm³/mol. The van der Waals surface area contributed by atoms with Crippen LogP contribution in [0.25, 0.3) is 10.2 Å². The van der Waals surface area contributed by atoms with Gasteiger partial charge in [-0.1, -0.05) is 29.0 Å². The molecule has 0 spiro atoms. The van der Waals surface area contributed by atoms with Gasteiger partial charge >= 0.3 is 5.97 Å². The number of fused-ring (bicyclic) bond motifs is 1. The molecule has 0 radical (unpaired) electrons. The number of hydrogen-bond donors (Lipinski definition) is 0. The number of carbonyl (C=O) groups excluding carboxylic acids is 2. The Balaban J connectivity index is 1.85. The lowest BCUT2D eigenvalue weighted by atomic mass is 10.2. The molecule has 3 rings (SSSR count). The number of hydrogen-bond acceptors (Lipinski definition) is 5. The number of benzene rings is 2. The third-order valence-corrected chi connectivity index (χ3v) is 6.05. The van der Waals surface area contributed by atoms with Crippen molar-refractivity contribution in [2.75, 3.05) is 12.9 Å². The standard InChI is InChI=1S/C20H19FN2O3S2/c1-13-3-6-15(7-4-13)27-12-18(24)22-20-23(10-9-19(25)26-2)16-8-5-14(21)11-17(16)28-20/h3-8,11H,9-10,12H2,1-2H3. The zero-order valence-corrected chi connectivity index (χ0v) is 17.1. The number of rotatable bonds is 6. The van der Waals surface area contributed by atoms with E-state index in [1.54, 1.807) is 10.6 Å². The molecule has 0 aliphatic carbocycles. The van der Waals surface area contributed by atoms with Crippen LogP contribution in [-0.4, -0.2) is 29.3 Å². The fraction of sp³-hybridized carbons (Fsp3) is 0.250. The maximum atomic E-state index is 13.6. The number of thioether (sulfide) groups is 1. The number of ether oxygens (including phenoxy) is 1. The van der Waals surface area contributed by atoms with Crippen LogP contribution in [0.4, 0.5) is 4.39 Å². The number of nitrogens with zero attached hydrogens (tertiary/aromatic N) is 2. The average molecular weight is 419 g/mol. The van der Waals surface area contributed by atoms with Crippen molar-refractivity contribution in [2.45, 2.75) is 24.8 Å². The summed E-state index contributed by atoms with van der Waals surface area (Å²) >= 11 is 2.63. The molecule has 0 unspecified atom stereocenters. The molecule has 0 fully saturated rings. The number of aryl methyl sites for hydroxylation is 2. The second kappa shape index (κ2) is 9.16. The summed E-state index contributed by atoms with van der Waals surface area (Å²) < 4.78 is 20.7. The van der Waals surface area contributed by atoms with Gasteiger partial charge in [-0.05, 0) is 37.3 Å². The normalized spacial score (nSPS) is 11.8. The number of halogens is 1. The number of methoxy groups -OCH3 is 1. The van der Waals surface area contributed by atoms with Crippen molar-refractivity contribution in [3.63, 3.8) is 0 Å². The largest absolute Gasteiger partial charge is 0.469 e. The van der Waals surface area contributed by atoms with Gasteiger partial charge in [-0.2, -0.15) is 4.99 Å². The highest BCUT2D eigenvalue weighted by Crippen LogP contribution is 2.20. The molecule has 8 heteroatoms. The van der Waals surface area contributed by atoms with Gasteiger partial charge in [0.05, 0.1) is 29.5 Å². The molecule has 0 aliphatic rings. The number of amides is 1. The van der Waals surface area contributed by atoms with Gasteiger partial charge < -0.3 is 9.30 Å². The van der Waals surface area contributed by atoms with Gasteiger partial charge in [0.25, 0.3) is 5.91 Å². The number of carbonyl (C=O) groups is 2. The molecule has 3 aromatic rings. The van der Waals surface area contributed by atoms with Crippen LogP contribution in [0, 0.1) is 12.7 Å². The highest BCUT2D eigenvalue weighted by atomic mass is 32.2. The first-order chi connectivity index (χ1) is 13.5. The van der Waals surface area contributed by atoms with Crippen LogP contribution in [0.1, 0.15) is 12.0 Å². The number of thiazole rings is 1. The molecule has 0 N–H and O–H groups in total. The van der Waals surface area contributed by atoms with Crippen molar-refractivity contribution in [1.29, 1.82) is 0 Å². The summed E-state index contributed by atoms with van der Waals surface area (Å²) in [4.78, 5) is 29.5. The minimum absolute atomic E-state index is 0.138. The average Bonchev–Trinajstić information content (AvgIpc) is 3.01. The summed E-state index contributed by atoms with van der Waals surface area (Å²) in [6, 6.07) is 12.3. The molecule has 1 heterocycles. The Bertz CT molecular complexity index is 1070. The lowest BCUT2D eigenvalue weighted by Crippen LogP contribution is -2.19. The van der Waals surface area contributed by atoms with E-state index in [0.29, 0.717) is 16.0 Å². The summed E-state index contributed by atoms with van der Waals surface area (Å²) in [5, 5.41) is 0. The van der Waals surface area contributed by atoms with Crippen LogP contribution < -0.4 is 4.80 Å². The van der Waals surface area contributed by atoms with Crippen molar-refractivity contribution in [2.24, 2.45) is 4.99 Å². The Morgan fingerprint density at radius 2 is 1.96 bits per heavy atom. The molecular formula is C20H19FN2O3S2. The molecule has 28 heavy (non-hydrogen) atoms. The monoisotopic (exact) mass is 418 g/mol. The lowest BCUT2D eigenvalue weighted by molar-refractivity contribution is -0.140. The lowest BCUT2D eigenvalue weighted by Gasteiger charge is -2.04. The molecule has 0 atom stereocenters. The second-order valence-electron chi connectivity index (χ2n) is 6.08. The Morgan fingerprint density at radius 3 is 2.68 bits per heavy atom. The minimum Gasteiger partial charge on any atom is -0.469 e. The molecule has 146 valence electrons. The van der Waals surface area contributed by atoms with Gasteiger partial charge in [-0.3, -0.25) is 9.59 Å². The fourth-order valence-corrected chi connectivity index (χ4v) is 4.35. The van der Waals surface area contributed by atoms with Crippen molar-refractivity contribution in [3.8, 4) is 0 Å². The zero-order chi connectivity index (χ0) is 20.1. The first-order valence-corrected chi connectivity index (χ1v) is 10.4. The van der Waals surface area contributed by atoms with Gasteiger partial charge in [0.2, 0.25) is 0 Å². The first kappa shape index (κ1) is 20.3. The van der Waals surface area contributed by atoms with Crippen LogP contribution in [0.2, 0.25) is 0 Å². The van der Waals surface area contributed by atoms with Gasteiger partial charge in [-0.25, -0.2) is 4.39 Å². The van der Waals surface area contributed by atoms with E-state index in [0.717, 1.165) is 16.0 Å². The van der Waals surface area contributed by atoms with Gasteiger partial charge in [-0.15, -0.1) is 11.8 Å². The fourth-order valence-electron chi connectivity index (χ4n) is 2.57. The van der Waals surface area contributed by atoms with E-state index in [9.17, 15) is 14.0 Å². The second-order valence-corrected chi connectivity index (χ2v) is 8.14. The smallest absolute Gasteiger partial charge is 0.307 e. The van der Waals surface area contributed by atoms with E-state index < -0.39 is 0 Å². The number of aromatic nitrogens is 1. The van der Waals surface area contributed by atoms with Crippen molar-refractivity contribution in [3.05, 3.63) is 58.6 Å². The van der Waals surface area contributed by atoms with E-state index in [1.165, 1.54) is 42.3 Å². The molecule has 1 amide bonds. The molecule has 1 aromatic heterocycles. The van der Waals surface area contributed by atoms with Crippen molar-refractivity contribution >= 4 is 45.2 Å². The van der Waals surface area contributed by atoms with E-state index in [2.05, 4.69) is 9.73 Å². The first-order valence-electron chi connectivity index (χ1n) is 8.59. The highest BCUT2D eigenvalue weighted by Gasteiger charge is 2.11. The Hall–Kier alpha value is -2.45. The zero-order valence-electron chi connectivity index (χ0n) is 15.5. The summed E-state index contributed by atoms with van der Waals surface area (Å²) in [5.41, 5.74) is 1.89. The van der Waals surface area contributed by atoms with Crippen LogP contribution in [0.15, 0.2) is 52.4 Å². The summed E-state index contributed by atoms with van der Waals surface area (Å²) in [7, 11) is 1.32. The van der Waals surface area contributed by atoms with Crippen LogP contribution in [0.5, 0.6) is 0 Å². The summed E-state index contributed by atoms with van der Waals surface area (Å²) in [6.07, 6.45) is 0.138. The third kappa shape index (κ3) is 5.08. The summed E-state index contributed by atoms with van der Waals surface area (Å²) in [5.74, 6) is -0.810. The van der Waals surface area contributed by atoms with E-state index in [1.807, 2.05) is 31.2 Å². The Labute approximate surface area is 169 Å². The van der Waals surface area contributed by atoms with Crippen molar-refractivity contribution < 1.29 is 18.7 Å². The highest BCUT2D eigenvalue weighted by molar-refractivity contribution is 8.00. The topological polar surface area (TPSA) is 60.7 Å². The molecule has 0 saturated heterocycles. The van der Waals surface area contributed by atoms with Gasteiger partial charge in [0.1, 0.15) is 5.82 Å². The van der Waals surface area contributed by atoms with Crippen molar-refractivity contribution in [1.82, 2.24) is 4.57 Å². The van der Waals surface area contributed by atoms with Gasteiger partial charge in [0.15, 0.2) is 4.80 Å². The molecule has 0 bridgehead atoms. The maximum Gasteiger partial charge on any atom is 0.307 e. The molecular weight excluding hydrogens is 399 g/mol. The minimum atomic E-state index is -0.360. The van der Waals surface area contributed by atoms with Crippen LogP contribution in [0.3, 0.4) is 0 Å². The SMILES string of the molecule is COC(=O)CCn1c(=NC(=O)CSc2ccc(C)cc2)sc2cc(F)ccc21. The molecule has 0 aliphatic heterocycles.